The van der Waals surface area contributed by atoms with Gasteiger partial charge in [-0.15, -0.1) is 11.8 Å². The highest BCUT2D eigenvalue weighted by Crippen LogP contribution is 2.28. The van der Waals surface area contributed by atoms with E-state index in [1.54, 1.807) is 7.11 Å². The molecule has 58 valence electrons. The second-order valence-electron chi connectivity index (χ2n) is 2.24. The van der Waals surface area contributed by atoms with Gasteiger partial charge in [0.2, 0.25) is 0 Å². The fourth-order valence-corrected chi connectivity index (χ4v) is 2.00. The Balaban J connectivity index is 2.34. The van der Waals surface area contributed by atoms with Crippen molar-refractivity contribution < 1.29 is 14.6 Å². The van der Waals surface area contributed by atoms with Gasteiger partial charge in [0.1, 0.15) is 0 Å². The molecule has 1 fully saturated rings. The number of ether oxygens (including phenoxy) is 1. The number of Topliss-reactive ketones (excluding diaryl/α,β-unsaturated/α-hetero) is 1. The predicted molar refractivity (Wildman–Crippen MR) is 38.9 cm³/mol. The summed E-state index contributed by atoms with van der Waals surface area (Å²) < 4.78 is 4.84. The molecule has 10 heavy (non-hydrogen) atoms. The van der Waals surface area contributed by atoms with Gasteiger partial charge in [-0.05, 0) is 0 Å². The third kappa shape index (κ3) is 1.71. The largest absolute Gasteiger partial charge is 0.384 e. The molecule has 0 spiro atoms. The van der Waals surface area contributed by atoms with Gasteiger partial charge in [-0.25, -0.2) is 0 Å². The number of carbonyl (C=O) groups excluding carboxylic acids is 1. The zero-order valence-electron chi connectivity index (χ0n) is 5.74. The molecule has 0 radical (unpaired) electrons. The first-order chi connectivity index (χ1) is 4.74. The van der Waals surface area contributed by atoms with E-state index in [-0.39, 0.29) is 11.0 Å². The van der Waals surface area contributed by atoms with Crippen LogP contribution in [0.5, 0.6) is 0 Å². The van der Waals surface area contributed by atoms with Crippen molar-refractivity contribution in [3.05, 3.63) is 0 Å². The van der Waals surface area contributed by atoms with Crippen LogP contribution in [0.2, 0.25) is 0 Å². The first kappa shape index (κ1) is 8.04. The maximum atomic E-state index is 10.7. The van der Waals surface area contributed by atoms with Crippen LogP contribution in [0.4, 0.5) is 0 Å². The summed E-state index contributed by atoms with van der Waals surface area (Å²) in [5.74, 6) is -0.0768. The van der Waals surface area contributed by atoms with Crippen LogP contribution in [0.1, 0.15) is 6.42 Å². The molecule has 0 amide bonds. The Bertz CT molecular complexity index is 137. The topological polar surface area (TPSA) is 46.5 Å². The van der Waals surface area contributed by atoms with E-state index >= 15 is 0 Å². The van der Waals surface area contributed by atoms with E-state index < -0.39 is 5.44 Å². The lowest BCUT2D eigenvalue weighted by Gasteiger charge is -2.03. The molecule has 0 aromatic rings. The predicted octanol–water partition coefficient (Wildman–Crippen LogP) is 0.0258. The average Bonchev–Trinajstić information content (AvgIpc) is 2.14. The van der Waals surface area contributed by atoms with Gasteiger partial charge in [-0.2, -0.15) is 0 Å². The molecule has 0 bridgehead atoms. The first-order valence-corrected chi connectivity index (χ1v) is 4.03. The maximum Gasteiger partial charge on any atom is 0.172 e. The molecular formula is C6H10O3S. The van der Waals surface area contributed by atoms with Gasteiger partial charge >= 0.3 is 0 Å². The van der Waals surface area contributed by atoms with Crippen LogP contribution in [0.3, 0.4) is 0 Å². The van der Waals surface area contributed by atoms with E-state index in [1.807, 2.05) is 0 Å². The zero-order valence-corrected chi connectivity index (χ0v) is 6.56. The number of methoxy groups -OCH3 is 1. The molecule has 1 saturated heterocycles. The monoisotopic (exact) mass is 162 g/mol. The second kappa shape index (κ2) is 3.37. The quantitative estimate of drug-likeness (QED) is 0.622. The van der Waals surface area contributed by atoms with Crippen molar-refractivity contribution in [1.82, 2.24) is 0 Å². The first-order valence-electron chi connectivity index (χ1n) is 3.09. The highest BCUT2D eigenvalue weighted by atomic mass is 32.2. The summed E-state index contributed by atoms with van der Waals surface area (Å²) in [5.41, 5.74) is -0.805. The highest BCUT2D eigenvalue weighted by molar-refractivity contribution is 8.01. The lowest BCUT2D eigenvalue weighted by Crippen LogP contribution is -2.08. The molecule has 4 heteroatoms. The van der Waals surface area contributed by atoms with E-state index in [4.69, 9.17) is 9.84 Å². The van der Waals surface area contributed by atoms with E-state index in [0.29, 0.717) is 13.0 Å². The molecule has 1 heterocycles. The van der Waals surface area contributed by atoms with Crippen molar-refractivity contribution in [2.24, 2.45) is 0 Å². The second-order valence-corrected chi connectivity index (χ2v) is 3.62. The number of rotatable bonds is 2. The number of thioether (sulfide) groups is 1. The number of aliphatic hydroxyl groups excluding tert-OH is 1. The molecule has 3 nitrogen and oxygen atoms in total. The Morgan fingerprint density at radius 3 is 3.00 bits per heavy atom. The maximum absolute atomic E-state index is 10.7. The smallest absolute Gasteiger partial charge is 0.172 e. The number of aliphatic hydroxyl groups is 1. The van der Waals surface area contributed by atoms with Crippen molar-refractivity contribution in [1.29, 1.82) is 0 Å². The summed E-state index contributed by atoms with van der Waals surface area (Å²) in [6, 6.07) is 0. The third-order valence-electron chi connectivity index (χ3n) is 1.38. The normalized spacial score (nSPS) is 33.2. The SMILES string of the molecule is COCC1CC(=O)C(O)S1. The van der Waals surface area contributed by atoms with E-state index in [2.05, 4.69) is 0 Å². The Kier molecular flexibility index (Phi) is 2.71. The third-order valence-corrected chi connectivity index (χ3v) is 2.59. The van der Waals surface area contributed by atoms with Crippen molar-refractivity contribution in [3.63, 3.8) is 0 Å². The van der Waals surface area contributed by atoms with Crippen LogP contribution < -0.4 is 0 Å². The fraction of sp³-hybridized carbons (Fsp3) is 0.833. The molecule has 0 aromatic heterocycles. The molecule has 0 saturated carbocycles. The van der Waals surface area contributed by atoms with Gasteiger partial charge in [-0.3, -0.25) is 4.79 Å². The van der Waals surface area contributed by atoms with Crippen molar-refractivity contribution >= 4 is 17.5 Å². The van der Waals surface area contributed by atoms with Crippen LogP contribution in [0.25, 0.3) is 0 Å². The summed E-state index contributed by atoms with van der Waals surface area (Å²) >= 11 is 1.28. The van der Waals surface area contributed by atoms with Crippen LogP contribution in [-0.4, -0.2) is 35.3 Å². The number of ketones is 1. The summed E-state index contributed by atoms with van der Waals surface area (Å²) in [6.45, 7) is 0.549. The number of carbonyl (C=O) groups is 1. The Morgan fingerprint density at radius 1 is 1.90 bits per heavy atom. The van der Waals surface area contributed by atoms with Crippen molar-refractivity contribution in [3.8, 4) is 0 Å². The summed E-state index contributed by atoms with van der Waals surface area (Å²) in [5, 5.41) is 9.11. The standard InChI is InChI=1S/C6H10O3S/c1-9-3-4-2-5(7)6(8)10-4/h4,6,8H,2-3H2,1H3. The Labute approximate surface area is 63.8 Å². The molecule has 1 N–H and O–H groups in total. The summed E-state index contributed by atoms with van der Waals surface area (Å²) in [6.07, 6.45) is 0.444. The highest BCUT2D eigenvalue weighted by Gasteiger charge is 2.31. The summed E-state index contributed by atoms with van der Waals surface area (Å²) in [4.78, 5) is 10.7. The molecule has 1 aliphatic heterocycles. The van der Waals surface area contributed by atoms with E-state index in [1.165, 1.54) is 11.8 Å². The van der Waals surface area contributed by atoms with Crippen LogP contribution >= 0.6 is 11.8 Å². The minimum absolute atomic E-state index is 0.0768. The Hall–Kier alpha value is -0.0600. The van der Waals surface area contributed by atoms with Crippen molar-refractivity contribution in [2.75, 3.05) is 13.7 Å². The number of hydrogen-bond acceptors (Lipinski definition) is 4. The molecule has 0 aliphatic carbocycles. The van der Waals surface area contributed by atoms with Crippen LogP contribution in [-0.2, 0) is 9.53 Å². The van der Waals surface area contributed by atoms with Crippen LogP contribution in [0.15, 0.2) is 0 Å². The van der Waals surface area contributed by atoms with E-state index in [9.17, 15) is 4.79 Å². The van der Waals surface area contributed by atoms with Crippen LogP contribution in [0, 0.1) is 0 Å². The molecular weight excluding hydrogens is 152 g/mol. The van der Waals surface area contributed by atoms with Gasteiger partial charge in [-0.1, -0.05) is 0 Å². The lowest BCUT2D eigenvalue weighted by molar-refractivity contribution is -0.122. The fourth-order valence-electron chi connectivity index (χ4n) is 0.916. The van der Waals surface area contributed by atoms with Crippen molar-refractivity contribution in [2.45, 2.75) is 17.1 Å². The van der Waals surface area contributed by atoms with E-state index in [0.717, 1.165) is 0 Å². The lowest BCUT2D eigenvalue weighted by atomic mass is 10.2. The van der Waals surface area contributed by atoms with Gasteiger partial charge in [0.25, 0.3) is 0 Å². The summed E-state index contributed by atoms with van der Waals surface area (Å²) in [7, 11) is 1.59. The molecule has 2 atom stereocenters. The molecule has 2 unspecified atom stereocenters. The van der Waals surface area contributed by atoms with Gasteiger partial charge in [0.05, 0.1) is 6.61 Å². The number of hydrogen-bond donors (Lipinski definition) is 1. The zero-order chi connectivity index (χ0) is 7.56. The average molecular weight is 162 g/mol. The van der Waals surface area contributed by atoms with Gasteiger partial charge in [0.15, 0.2) is 11.2 Å². The molecule has 1 rings (SSSR count). The molecule has 0 aromatic carbocycles. The Morgan fingerprint density at radius 2 is 2.60 bits per heavy atom. The minimum Gasteiger partial charge on any atom is -0.384 e. The van der Waals surface area contributed by atoms with Gasteiger partial charge in [0, 0.05) is 18.8 Å². The molecule has 1 aliphatic rings. The van der Waals surface area contributed by atoms with Gasteiger partial charge < -0.3 is 9.84 Å². The minimum atomic E-state index is -0.805.